The van der Waals surface area contributed by atoms with Crippen LogP contribution in [0.3, 0.4) is 0 Å². The Hall–Kier alpha value is -0.610. The summed E-state index contributed by atoms with van der Waals surface area (Å²) in [5.41, 5.74) is 0. The molecule has 0 radical (unpaired) electrons. The summed E-state index contributed by atoms with van der Waals surface area (Å²) in [6.45, 7) is 6.12. The first-order valence-corrected chi connectivity index (χ1v) is 7.34. The van der Waals surface area contributed by atoms with Crippen molar-refractivity contribution >= 4 is 5.91 Å². The zero-order valence-corrected chi connectivity index (χ0v) is 12.2. The normalized spacial score (nSPS) is 12.7. The van der Waals surface area contributed by atoms with E-state index < -0.39 is 6.17 Å². The Morgan fingerprint density at radius 1 is 1.11 bits per heavy atom. The molecule has 0 aromatic heterocycles. The molecule has 0 rings (SSSR count). The number of rotatable bonds is 11. The van der Waals surface area contributed by atoms with Crippen LogP contribution in [-0.4, -0.2) is 23.7 Å². The van der Waals surface area contributed by atoms with Crippen LogP contribution in [0.5, 0.6) is 0 Å². The fourth-order valence-corrected chi connectivity index (χ4v) is 1.89. The number of hydrogen-bond donors (Lipinski definition) is 1. The van der Waals surface area contributed by atoms with Crippen LogP contribution in [0.25, 0.3) is 0 Å². The molecular formula is C14H29N2O2-. The van der Waals surface area contributed by atoms with E-state index in [-0.39, 0.29) is 5.91 Å². The summed E-state index contributed by atoms with van der Waals surface area (Å²) < 4.78 is 0. The van der Waals surface area contributed by atoms with Gasteiger partial charge in [0.2, 0.25) is 5.91 Å². The summed E-state index contributed by atoms with van der Waals surface area (Å²) in [6.07, 6.45) is 8.54. The second-order valence-corrected chi connectivity index (χ2v) is 4.85. The Bertz CT molecular complexity index is 210. The van der Waals surface area contributed by atoms with E-state index in [9.17, 15) is 10.0 Å². The van der Waals surface area contributed by atoms with Crippen molar-refractivity contribution in [2.75, 3.05) is 6.54 Å². The van der Waals surface area contributed by atoms with Gasteiger partial charge in [-0.3, -0.25) is 4.79 Å². The molecule has 0 aromatic carbocycles. The second kappa shape index (κ2) is 11.5. The lowest BCUT2D eigenvalue weighted by Crippen LogP contribution is -2.43. The van der Waals surface area contributed by atoms with Gasteiger partial charge in [0.1, 0.15) is 0 Å². The third kappa shape index (κ3) is 9.42. The number of hydrogen-bond acceptors (Lipinski definition) is 3. The summed E-state index contributed by atoms with van der Waals surface area (Å²) in [6, 6.07) is 0. The molecule has 0 aliphatic heterocycles. The zero-order chi connectivity index (χ0) is 13.8. The summed E-state index contributed by atoms with van der Waals surface area (Å²) in [5.74, 6) is -0.00893. The number of amides is 1. The highest BCUT2D eigenvalue weighted by molar-refractivity contribution is 5.76. The number of nitrogens with zero attached hydrogens (tertiary/aromatic N) is 1. The molecule has 0 bridgehead atoms. The summed E-state index contributed by atoms with van der Waals surface area (Å²) >= 11 is 0. The molecule has 0 aliphatic rings. The zero-order valence-electron chi connectivity index (χ0n) is 12.2. The van der Waals surface area contributed by atoms with Gasteiger partial charge in [0.25, 0.3) is 0 Å². The van der Waals surface area contributed by atoms with Crippen LogP contribution in [-0.2, 0) is 4.79 Å². The van der Waals surface area contributed by atoms with Crippen molar-refractivity contribution in [3.8, 4) is 0 Å². The lowest BCUT2D eigenvalue weighted by molar-refractivity contribution is -0.122. The van der Waals surface area contributed by atoms with Crippen molar-refractivity contribution < 1.29 is 4.79 Å². The monoisotopic (exact) mass is 257 g/mol. The van der Waals surface area contributed by atoms with E-state index in [0.717, 1.165) is 17.9 Å². The van der Waals surface area contributed by atoms with Gasteiger partial charge in [-0.15, -0.1) is 0 Å². The predicted molar refractivity (Wildman–Crippen MR) is 76.0 cm³/mol. The molecule has 0 heterocycles. The number of unbranched alkanes of at least 4 members (excludes halogenated alkanes) is 6. The molecule has 18 heavy (non-hydrogen) atoms. The summed E-state index contributed by atoms with van der Waals surface area (Å²) in [4.78, 5) is 11.5. The van der Waals surface area contributed by atoms with Crippen molar-refractivity contribution in [2.45, 2.75) is 78.3 Å². The largest absolute Gasteiger partial charge is 0.784 e. The van der Waals surface area contributed by atoms with Gasteiger partial charge in [-0.05, 0) is 19.9 Å². The van der Waals surface area contributed by atoms with E-state index in [0.29, 0.717) is 13.0 Å². The smallest absolute Gasteiger partial charge is 0.221 e. The van der Waals surface area contributed by atoms with Gasteiger partial charge in [-0.25, -0.2) is 0 Å². The van der Waals surface area contributed by atoms with Crippen LogP contribution >= 0.6 is 0 Å². The summed E-state index contributed by atoms with van der Waals surface area (Å²) in [7, 11) is 0. The molecule has 0 spiro atoms. The van der Waals surface area contributed by atoms with E-state index in [1.807, 2.05) is 0 Å². The Morgan fingerprint density at radius 2 is 1.67 bits per heavy atom. The minimum Gasteiger partial charge on any atom is -0.784 e. The van der Waals surface area contributed by atoms with Crippen molar-refractivity contribution in [2.24, 2.45) is 0 Å². The van der Waals surface area contributed by atoms with Gasteiger partial charge in [0.05, 0.1) is 6.17 Å². The van der Waals surface area contributed by atoms with Crippen LogP contribution in [0, 0.1) is 5.21 Å². The molecule has 108 valence electrons. The van der Waals surface area contributed by atoms with Crippen molar-refractivity contribution in [1.82, 2.24) is 10.4 Å². The molecule has 0 aliphatic carbocycles. The van der Waals surface area contributed by atoms with Gasteiger partial charge in [-0.1, -0.05) is 52.4 Å². The van der Waals surface area contributed by atoms with Crippen molar-refractivity contribution in [3.63, 3.8) is 0 Å². The van der Waals surface area contributed by atoms with Gasteiger partial charge >= 0.3 is 0 Å². The number of nitrogens with one attached hydrogen (secondary N) is 1. The standard InChI is InChI=1S/C14H29N2O2/c1-4-6-7-8-9-10-11-12-14(17)15-13(3)16(18)5-2/h13H,4-12H2,1-3H3,(H,15,17)/q-1. The van der Waals surface area contributed by atoms with Crippen molar-refractivity contribution in [1.29, 1.82) is 0 Å². The number of hydroxylamine groups is 2. The van der Waals surface area contributed by atoms with Crippen LogP contribution in [0.15, 0.2) is 0 Å². The molecule has 1 N–H and O–H groups in total. The van der Waals surface area contributed by atoms with E-state index in [2.05, 4.69) is 12.2 Å². The quantitative estimate of drug-likeness (QED) is 0.350. The molecule has 0 saturated heterocycles. The molecule has 4 nitrogen and oxygen atoms in total. The Kier molecular flexibility index (Phi) is 11.1. The first kappa shape index (κ1) is 17.4. The molecule has 1 unspecified atom stereocenters. The minimum atomic E-state index is -0.410. The fraction of sp³-hybridized carbons (Fsp3) is 0.929. The maximum absolute atomic E-state index is 11.5. The van der Waals surface area contributed by atoms with Gasteiger partial charge < -0.3 is 15.6 Å². The predicted octanol–water partition coefficient (Wildman–Crippen LogP) is 3.41. The van der Waals surface area contributed by atoms with E-state index in [4.69, 9.17) is 0 Å². The molecule has 4 heteroatoms. The molecule has 0 aromatic rings. The second-order valence-electron chi connectivity index (χ2n) is 4.85. The van der Waals surface area contributed by atoms with E-state index >= 15 is 0 Å². The topological polar surface area (TPSA) is 55.4 Å². The van der Waals surface area contributed by atoms with Crippen molar-refractivity contribution in [3.05, 3.63) is 5.21 Å². The Morgan fingerprint density at radius 3 is 2.22 bits per heavy atom. The third-order valence-corrected chi connectivity index (χ3v) is 3.12. The SMILES string of the molecule is CCCCCCCCCC(=O)NC(C)N([O-])CC. The van der Waals surface area contributed by atoms with E-state index in [1.54, 1.807) is 13.8 Å². The molecule has 1 atom stereocenters. The lowest BCUT2D eigenvalue weighted by atomic mass is 10.1. The molecule has 0 saturated carbocycles. The average Bonchev–Trinajstić information content (AvgIpc) is 2.36. The lowest BCUT2D eigenvalue weighted by Gasteiger charge is -2.33. The molecule has 1 amide bonds. The molecule has 0 fully saturated rings. The summed E-state index contributed by atoms with van der Waals surface area (Å²) in [5, 5.41) is 14.8. The Balaban J connectivity index is 3.42. The average molecular weight is 257 g/mol. The highest BCUT2D eigenvalue weighted by atomic mass is 16.5. The highest BCUT2D eigenvalue weighted by Crippen LogP contribution is 2.08. The molecular weight excluding hydrogens is 228 g/mol. The van der Waals surface area contributed by atoms with Gasteiger partial charge in [0.15, 0.2) is 0 Å². The van der Waals surface area contributed by atoms with Crippen LogP contribution in [0.2, 0.25) is 0 Å². The minimum absolute atomic E-state index is 0.00893. The third-order valence-electron chi connectivity index (χ3n) is 3.12. The van der Waals surface area contributed by atoms with Gasteiger partial charge in [0, 0.05) is 6.42 Å². The van der Waals surface area contributed by atoms with Gasteiger partial charge in [-0.2, -0.15) is 0 Å². The van der Waals surface area contributed by atoms with Crippen LogP contribution in [0.4, 0.5) is 0 Å². The number of carbonyl (C=O) groups is 1. The maximum atomic E-state index is 11.5. The first-order chi connectivity index (χ1) is 8.61. The van der Waals surface area contributed by atoms with Crippen LogP contribution < -0.4 is 5.32 Å². The first-order valence-electron chi connectivity index (χ1n) is 7.34. The van der Waals surface area contributed by atoms with E-state index in [1.165, 1.54) is 32.1 Å². The number of carbonyl (C=O) groups excluding carboxylic acids is 1. The Labute approximate surface area is 112 Å². The fourth-order valence-electron chi connectivity index (χ4n) is 1.89. The highest BCUT2D eigenvalue weighted by Gasteiger charge is 2.06. The maximum Gasteiger partial charge on any atom is 0.221 e. The van der Waals surface area contributed by atoms with Crippen LogP contribution in [0.1, 0.15) is 72.1 Å².